The molecule has 0 radical (unpaired) electrons. The fourth-order valence-corrected chi connectivity index (χ4v) is 2.68. The van der Waals surface area contributed by atoms with Gasteiger partial charge in [0.05, 0.1) is 17.5 Å². The standard InChI is InChI=1S/C13H19F3N4O/c14-13(15,16)9-4-6-18-7-8(9)12(21)20-11(17)10-3-1-2-5-19-10/h8-9,18H,1-7H2,(H2,17,20,21). The number of halogens is 3. The molecule has 0 saturated carbocycles. The van der Waals surface area contributed by atoms with E-state index in [2.05, 4.69) is 15.3 Å². The summed E-state index contributed by atoms with van der Waals surface area (Å²) >= 11 is 0. The molecule has 0 aromatic heterocycles. The Labute approximate surface area is 120 Å². The van der Waals surface area contributed by atoms with E-state index >= 15 is 0 Å². The number of carbonyl (C=O) groups is 1. The maximum Gasteiger partial charge on any atom is 0.392 e. The average molecular weight is 304 g/mol. The van der Waals surface area contributed by atoms with Crippen LogP contribution in [0.25, 0.3) is 0 Å². The van der Waals surface area contributed by atoms with Crippen molar-refractivity contribution >= 4 is 17.5 Å². The summed E-state index contributed by atoms with van der Waals surface area (Å²) in [6, 6.07) is 0. The van der Waals surface area contributed by atoms with Gasteiger partial charge in [0.2, 0.25) is 0 Å². The van der Waals surface area contributed by atoms with Gasteiger partial charge in [-0.15, -0.1) is 0 Å². The van der Waals surface area contributed by atoms with Gasteiger partial charge in [-0.3, -0.25) is 9.79 Å². The Balaban J connectivity index is 2.11. The summed E-state index contributed by atoms with van der Waals surface area (Å²) in [7, 11) is 0. The van der Waals surface area contributed by atoms with Crippen LogP contribution in [0.3, 0.4) is 0 Å². The van der Waals surface area contributed by atoms with Crippen LogP contribution in [0.15, 0.2) is 9.98 Å². The highest BCUT2D eigenvalue weighted by Gasteiger charge is 2.48. The van der Waals surface area contributed by atoms with Crippen LogP contribution in [0.5, 0.6) is 0 Å². The number of amidine groups is 1. The minimum Gasteiger partial charge on any atom is -0.382 e. The number of alkyl halides is 3. The van der Waals surface area contributed by atoms with Crippen molar-refractivity contribution in [1.29, 1.82) is 0 Å². The predicted octanol–water partition coefficient (Wildman–Crippen LogP) is 1.28. The molecule has 8 heteroatoms. The molecule has 0 bridgehead atoms. The molecule has 0 spiro atoms. The first-order chi connectivity index (χ1) is 9.89. The number of nitrogens with one attached hydrogen (secondary N) is 1. The van der Waals surface area contributed by atoms with Crippen LogP contribution in [0.2, 0.25) is 0 Å². The molecule has 0 aliphatic carbocycles. The molecule has 0 aromatic carbocycles. The monoisotopic (exact) mass is 304 g/mol. The second-order valence-corrected chi connectivity index (χ2v) is 5.37. The third kappa shape index (κ3) is 4.03. The Morgan fingerprint density at radius 1 is 1.38 bits per heavy atom. The first-order valence-corrected chi connectivity index (χ1v) is 7.08. The molecule has 1 fully saturated rings. The van der Waals surface area contributed by atoms with E-state index in [4.69, 9.17) is 5.73 Å². The number of piperidine rings is 1. The molecule has 3 N–H and O–H groups in total. The summed E-state index contributed by atoms with van der Waals surface area (Å²) in [5.74, 6) is -3.71. The number of aliphatic imine (C=N–C) groups is 2. The Kier molecular flexibility index (Phi) is 4.97. The number of carbonyl (C=O) groups excluding carboxylic acids is 1. The third-order valence-corrected chi connectivity index (χ3v) is 3.87. The number of hydrogen-bond acceptors (Lipinski definition) is 3. The van der Waals surface area contributed by atoms with Crippen LogP contribution in [0.4, 0.5) is 13.2 Å². The van der Waals surface area contributed by atoms with Crippen LogP contribution >= 0.6 is 0 Å². The minimum absolute atomic E-state index is 0.0216. The van der Waals surface area contributed by atoms with E-state index in [1.165, 1.54) is 0 Å². The Hall–Kier alpha value is -1.44. The van der Waals surface area contributed by atoms with E-state index in [0.717, 1.165) is 12.8 Å². The van der Waals surface area contributed by atoms with Gasteiger partial charge in [-0.25, -0.2) is 0 Å². The van der Waals surface area contributed by atoms with E-state index in [9.17, 15) is 18.0 Å². The molecule has 21 heavy (non-hydrogen) atoms. The van der Waals surface area contributed by atoms with Crippen LogP contribution in [0.1, 0.15) is 25.7 Å². The van der Waals surface area contributed by atoms with Gasteiger partial charge in [0, 0.05) is 13.1 Å². The molecule has 2 atom stereocenters. The maximum atomic E-state index is 13.0. The molecule has 2 rings (SSSR count). The minimum atomic E-state index is -4.39. The van der Waals surface area contributed by atoms with Crippen LogP contribution in [0, 0.1) is 11.8 Å². The van der Waals surface area contributed by atoms with Gasteiger partial charge in [-0.05, 0) is 32.2 Å². The second-order valence-electron chi connectivity index (χ2n) is 5.37. The maximum absolute atomic E-state index is 13.0. The predicted molar refractivity (Wildman–Crippen MR) is 73.3 cm³/mol. The lowest BCUT2D eigenvalue weighted by Crippen LogP contribution is -2.46. The normalized spacial score (nSPS) is 28.1. The number of rotatable bonds is 2. The zero-order chi connectivity index (χ0) is 15.5. The van der Waals surface area contributed by atoms with E-state index in [1.54, 1.807) is 0 Å². The van der Waals surface area contributed by atoms with E-state index < -0.39 is 23.9 Å². The molecule has 1 amide bonds. The molecular weight excluding hydrogens is 285 g/mol. The summed E-state index contributed by atoms with van der Waals surface area (Å²) in [5, 5.41) is 2.81. The van der Waals surface area contributed by atoms with Crippen molar-refractivity contribution in [2.24, 2.45) is 27.6 Å². The molecule has 2 heterocycles. The summed E-state index contributed by atoms with van der Waals surface area (Å²) in [4.78, 5) is 19.9. The highest BCUT2D eigenvalue weighted by molar-refractivity contribution is 6.42. The fraction of sp³-hybridized carbons (Fsp3) is 0.769. The van der Waals surface area contributed by atoms with Gasteiger partial charge in [-0.1, -0.05) is 0 Å². The van der Waals surface area contributed by atoms with Gasteiger partial charge in [0.1, 0.15) is 5.84 Å². The van der Waals surface area contributed by atoms with Gasteiger partial charge in [-0.2, -0.15) is 18.2 Å². The Bertz CT molecular complexity index is 459. The molecule has 2 unspecified atom stereocenters. The van der Waals surface area contributed by atoms with Crippen molar-refractivity contribution in [3.63, 3.8) is 0 Å². The van der Waals surface area contributed by atoms with E-state index in [1.807, 2.05) is 0 Å². The summed E-state index contributed by atoms with van der Waals surface area (Å²) in [5.41, 5.74) is 6.24. The number of nitrogens with two attached hydrogens (primary N) is 1. The third-order valence-electron chi connectivity index (χ3n) is 3.87. The molecule has 2 aliphatic heterocycles. The van der Waals surface area contributed by atoms with Crippen molar-refractivity contribution in [2.75, 3.05) is 19.6 Å². The molecule has 2 aliphatic rings. The largest absolute Gasteiger partial charge is 0.392 e. The topological polar surface area (TPSA) is 79.8 Å². The quantitative estimate of drug-likeness (QED) is 0.596. The lowest BCUT2D eigenvalue weighted by molar-refractivity contribution is -0.195. The smallest absolute Gasteiger partial charge is 0.382 e. The van der Waals surface area contributed by atoms with Crippen molar-refractivity contribution in [2.45, 2.75) is 31.9 Å². The molecule has 1 saturated heterocycles. The molecule has 0 aromatic rings. The highest BCUT2D eigenvalue weighted by atomic mass is 19.4. The van der Waals surface area contributed by atoms with Crippen molar-refractivity contribution in [1.82, 2.24) is 5.32 Å². The van der Waals surface area contributed by atoms with Gasteiger partial charge in [0.25, 0.3) is 5.91 Å². The fourth-order valence-electron chi connectivity index (χ4n) is 2.68. The van der Waals surface area contributed by atoms with Crippen molar-refractivity contribution < 1.29 is 18.0 Å². The van der Waals surface area contributed by atoms with Crippen molar-refractivity contribution in [3.05, 3.63) is 0 Å². The SMILES string of the molecule is NC(=NC(=O)C1CNCCC1C(F)(F)F)C1=NCCCC1. The number of hydrogen-bond donors (Lipinski definition) is 2. The van der Waals surface area contributed by atoms with Gasteiger partial charge in [0.15, 0.2) is 0 Å². The van der Waals surface area contributed by atoms with Crippen molar-refractivity contribution in [3.8, 4) is 0 Å². The van der Waals surface area contributed by atoms with E-state index in [-0.39, 0.29) is 25.3 Å². The zero-order valence-corrected chi connectivity index (χ0v) is 11.6. The summed E-state index contributed by atoms with van der Waals surface area (Å²) < 4.78 is 38.9. The zero-order valence-electron chi connectivity index (χ0n) is 11.6. The number of nitrogens with zero attached hydrogens (tertiary/aromatic N) is 2. The summed E-state index contributed by atoms with van der Waals surface area (Å²) in [6.45, 7) is 0.849. The van der Waals surface area contributed by atoms with Crippen LogP contribution in [-0.2, 0) is 4.79 Å². The average Bonchev–Trinajstić information content (AvgIpc) is 2.47. The second kappa shape index (κ2) is 6.55. The summed E-state index contributed by atoms with van der Waals surface area (Å²) in [6.07, 6.45) is -2.04. The van der Waals surface area contributed by atoms with Crippen LogP contribution < -0.4 is 11.1 Å². The first-order valence-electron chi connectivity index (χ1n) is 7.08. The molecule has 5 nitrogen and oxygen atoms in total. The van der Waals surface area contributed by atoms with E-state index in [0.29, 0.717) is 18.7 Å². The number of amides is 1. The highest BCUT2D eigenvalue weighted by Crippen LogP contribution is 2.36. The van der Waals surface area contributed by atoms with Gasteiger partial charge >= 0.3 is 6.18 Å². The Morgan fingerprint density at radius 2 is 2.14 bits per heavy atom. The molecular formula is C13H19F3N4O. The molecule has 118 valence electrons. The lowest BCUT2D eigenvalue weighted by atomic mass is 9.85. The van der Waals surface area contributed by atoms with Gasteiger partial charge < -0.3 is 11.1 Å². The lowest BCUT2D eigenvalue weighted by Gasteiger charge is -2.31. The Morgan fingerprint density at radius 3 is 2.76 bits per heavy atom. The first kappa shape index (κ1) is 15.9. The van der Waals surface area contributed by atoms with Crippen LogP contribution in [-0.4, -0.2) is 43.3 Å².